The maximum atomic E-state index is 13.2. The number of furan rings is 1. The molecule has 1 heterocycles. The van der Waals surface area contributed by atoms with E-state index < -0.39 is 0 Å². The molecule has 1 unspecified atom stereocenters. The fourth-order valence-corrected chi connectivity index (χ4v) is 3.18. The Hall–Kier alpha value is -1.36. The SMILES string of the molecule is CNC(c1cc2cccc(Cl)c2o1)c1ccc(F)cc1Br. The van der Waals surface area contributed by atoms with Crippen molar-refractivity contribution in [2.45, 2.75) is 6.04 Å². The smallest absolute Gasteiger partial charge is 0.152 e. The number of rotatable bonds is 3. The molecule has 0 bridgehead atoms. The molecule has 0 fully saturated rings. The highest BCUT2D eigenvalue weighted by molar-refractivity contribution is 9.10. The highest BCUT2D eigenvalue weighted by atomic mass is 79.9. The summed E-state index contributed by atoms with van der Waals surface area (Å²) in [5.74, 6) is 0.445. The Labute approximate surface area is 135 Å². The zero-order valence-corrected chi connectivity index (χ0v) is 13.5. The lowest BCUT2D eigenvalue weighted by Gasteiger charge is -2.15. The van der Waals surface area contributed by atoms with Crippen molar-refractivity contribution in [3.63, 3.8) is 0 Å². The van der Waals surface area contributed by atoms with Gasteiger partial charge in [-0.15, -0.1) is 0 Å². The summed E-state index contributed by atoms with van der Waals surface area (Å²) in [6.45, 7) is 0. The van der Waals surface area contributed by atoms with Crippen LogP contribution in [-0.4, -0.2) is 7.05 Å². The van der Waals surface area contributed by atoms with Crippen molar-refractivity contribution < 1.29 is 8.81 Å². The van der Waals surface area contributed by atoms with Gasteiger partial charge < -0.3 is 9.73 Å². The fourth-order valence-electron chi connectivity index (χ4n) is 2.38. The molecule has 0 aliphatic rings. The lowest BCUT2D eigenvalue weighted by atomic mass is 10.0. The summed E-state index contributed by atoms with van der Waals surface area (Å²) >= 11 is 9.54. The average molecular weight is 369 g/mol. The molecular formula is C16H12BrClFNO. The van der Waals surface area contributed by atoms with Crippen molar-refractivity contribution in [1.29, 1.82) is 0 Å². The molecule has 0 spiro atoms. The van der Waals surface area contributed by atoms with E-state index in [1.54, 1.807) is 12.1 Å². The molecule has 21 heavy (non-hydrogen) atoms. The summed E-state index contributed by atoms with van der Waals surface area (Å²) in [6.07, 6.45) is 0. The predicted octanol–water partition coefficient (Wildman–Crippen LogP) is 5.30. The number of fused-ring (bicyclic) bond motifs is 1. The van der Waals surface area contributed by atoms with Gasteiger partial charge in [-0.2, -0.15) is 0 Å². The molecule has 0 saturated carbocycles. The van der Waals surface area contributed by atoms with Gasteiger partial charge in [-0.05, 0) is 36.9 Å². The number of benzene rings is 2. The van der Waals surface area contributed by atoms with Gasteiger partial charge in [0.15, 0.2) is 5.58 Å². The van der Waals surface area contributed by atoms with Gasteiger partial charge in [0.05, 0.1) is 11.1 Å². The Morgan fingerprint density at radius 2 is 2.05 bits per heavy atom. The summed E-state index contributed by atoms with van der Waals surface area (Å²) in [5.41, 5.74) is 1.56. The van der Waals surface area contributed by atoms with E-state index in [2.05, 4.69) is 21.2 Å². The second kappa shape index (κ2) is 5.79. The van der Waals surface area contributed by atoms with Gasteiger partial charge in [0, 0.05) is 9.86 Å². The van der Waals surface area contributed by atoms with Gasteiger partial charge in [-0.25, -0.2) is 4.39 Å². The van der Waals surface area contributed by atoms with E-state index in [4.69, 9.17) is 16.0 Å². The van der Waals surface area contributed by atoms with Crippen LogP contribution < -0.4 is 5.32 Å². The summed E-state index contributed by atoms with van der Waals surface area (Å²) in [5, 5.41) is 4.70. The standard InChI is InChI=1S/C16H12BrClFNO/c1-20-15(11-6-5-10(19)8-12(11)17)14-7-9-3-2-4-13(18)16(9)21-14/h2-8,15,20H,1H3. The normalized spacial score (nSPS) is 12.8. The second-order valence-electron chi connectivity index (χ2n) is 4.69. The Kier molecular flexibility index (Phi) is 4.02. The largest absolute Gasteiger partial charge is 0.457 e. The maximum Gasteiger partial charge on any atom is 0.152 e. The zero-order valence-electron chi connectivity index (χ0n) is 11.2. The van der Waals surface area contributed by atoms with E-state index in [9.17, 15) is 4.39 Å². The van der Waals surface area contributed by atoms with E-state index in [1.165, 1.54) is 12.1 Å². The van der Waals surface area contributed by atoms with Crippen molar-refractivity contribution in [3.8, 4) is 0 Å². The van der Waals surface area contributed by atoms with Gasteiger partial charge in [0.25, 0.3) is 0 Å². The van der Waals surface area contributed by atoms with Gasteiger partial charge in [-0.1, -0.05) is 45.7 Å². The third-order valence-corrected chi connectivity index (χ3v) is 4.35. The molecule has 2 nitrogen and oxygen atoms in total. The molecule has 0 saturated heterocycles. The first-order valence-corrected chi connectivity index (χ1v) is 7.57. The number of hydrogen-bond acceptors (Lipinski definition) is 2. The summed E-state index contributed by atoms with van der Waals surface area (Å²) in [6, 6.07) is 12.0. The average Bonchev–Trinajstić information content (AvgIpc) is 2.87. The third-order valence-electron chi connectivity index (χ3n) is 3.36. The van der Waals surface area contributed by atoms with Crippen LogP contribution in [0.1, 0.15) is 17.4 Å². The Morgan fingerprint density at radius 3 is 2.71 bits per heavy atom. The van der Waals surface area contributed by atoms with Crippen LogP contribution in [0.5, 0.6) is 0 Å². The Morgan fingerprint density at radius 1 is 1.24 bits per heavy atom. The van der Waals surface area contributed by atoms with Crippen LogP contribution in [0.25, 0.3) is 11.0 Å². The number of nitrogens with one attached hydrogen (secondary N) is 1. The van der Waals surface area contributed by atoms with Crippen molar-refractivity contribution in [2.24, 2.45) is 0 Å². The molecule has 1 atom stereocenters. The first-order chi connectivity index (χ1) is 10.1. The minimum absolute atomic E-state index is 0.191. The predicted molar refractivity (Wildman–Crippen MR) is 86.2 cm³/mol. The third kappa shape index (κ3) is 2.71. The molecule has 0 radical (unpaired) electrons. The van der Waals surface area contributed by atoms with Crippen LogP contribution in [0.4, 0.5) is 4.39 Å². The summed E-state index contributed by atoms with van der Waals surface area (Å²) in [4.78, 5) is 0. The van der Waals surface area contributed by atoms with Crippen LogP contribution in [-0.2, 0) is 0 Å². The topological polar surface area (TPSA) is 25.2 Å². The first kappa shape index (κ1) is 14.6. The molecule has 0 aliphatic heterocycles. The quantitative estimate of drug-likeness (QED) is 0.679. The van der Waals surface area contributed by atoms with E-state index in [1.807, 2.05) is 25.2 Å². The lowest BCUT2D eigenvalue weighted by molar-refractivity contribution is 0.490. The van der Waals surface area contributed by atoms with E-state index >= 15 is 0 Å². The van der Waals surface area contributed by atoms with Gasteiger partial charge in [0.1, 0.15) is 11.6 Å². The molecule has 3 aromatic rings. The summed E-state index contributed by atoms with van der Waals surface area (Å²) in [7, 11) is 1.83. The second-order valence-corrected chi connectivity index (χ2v) is 5.96. The molecule has 2 aromatic carbocycles. The fraction of sp³-hybridized carbons (Fsp3) is 0.125. The number of halogens is 3. The van der Waals surface area contributed by atoms with Crippen LogP contribution in [0, 0.1) is 5.82 Å². The first-order valence-electron chi connectivity index (χ1n) is 6.40. The van der Waals surface area contributed by atoms with E-state index in [0.717, 1.165) is 16.7 Å². The summed E-state index contributed by atoms with van der Waals surface area (Å²) < 4.78 is 19.8. The zero-order chi connectivity index (χ0) is 15.0. The maximum absolute atomic E-state index is 13.2. The van der Waals surface area contributed by atoms with Crippen LogP contribution in [0.15, 0.2) is 51.4 Å². The molecule has 5 heteroatoms. The minimum atomic E-state index is -0.284. The molecule has 3 rings (SSSR count). The molecule has 0 aliphatic carbocycles. The minimum Gasteiger partial charge on any atom is -0.457 e. The molecular weight excluding hydrogens is 357 g/mol. The van der Waals surface area contributed by atoms with Crippen molar-refractivity contribution in [1.82, 2.24) is 5.32 Å². The number of hydrogen-bond donors (Lipinski definition) is 1. The van der Waals surface area contributed by atoms with Crippen LogP contribution in [0.2, 0.25) is 5.02 Å². The van der Waals surface area contributed by atoms with Crippen molar-refractivity contribution in [3.05, 3.63) is 69.1 Å². The number of para-hydroxylation sites is 1. The van der Waals surface area contributed by atoms with E-state index in [-0.39, 0.29) is 11.9 Å². The van der Waals surface area contributed by atoms with Gasteiger partial charge >= 0.3 is 0 Å². The molecule has 0 amide bonds. The lowest BCUT2D eigenvalue weighted by Crippen LogP contribution is -2.17. The van der Waals surface area contributed by atoms with Crippen LogP contribution >= 0.6 is 27.5 Å². The van der Waals surface area contributed by atoms with E-state index in [0.29, 0.717) is 15.1 Å². The Bertz CT molecular complexity index is 802. The van der Waals surface area contributed by atoms with Gasteiger partial charge in [-0.3, -0.25) is 0 Å². The van der Waals surface area contributed by atoms with Crippen LogP contribution in [0.3, 0.4) is 0 Å². The van der Waals surface area contributed by atoms with Gasteiger partial charge in [0.2, 0.25) is 0 Å². The highest BCUT2D eigenvalue weighted by Crippen LogP contribution is 2.34. The monoisotopic (exact) mass is 367 g/mol. The molecule has 108 valence electrons. The molecule has 1 aromatic heterocycles. The van der Waals surface area contributed by atoms with Crippen molar-refractivity contribution >= 4 is 38.5 Å². The highest BCUT2D eigenvalue weighted by Gasteiger charge is 2.20. The Balaban J connectivity index is 2.11. The molecule has 1 N–H and O–H groups in total. The van der Waals surface area contributed by atoms with Crippen molar-refractivity contribution in [2.75, 3.05) is 7.05 Å².